The molecule has 0 spiro atoms. The van der Waals surface area contributed by atoms with Gasteiger partial charge in [0, 0.05) is 18.4 Å². The van der Waals surface area contributed by atoms with Gasteiger partial charge in [-0.05, 0) is 25.1 Å². The predicted octanol–water partition coefficient (Wildman–Crippen LogP) is 0.240. The van der Waals surface area contributed by atoms with Gasteiger partial charge in [-0.25, -0.2) is 0 Å². The number of hydrogen-bond donors (Lipinski definition) is 3. The first-order chi connectivity index (χ1) is 6.86. The van der Waals surface area contributed by atoms with Crippen molar-refractivity contribution in [3.8, 4) is 0 Å². The Morgan fingerprint density at radius 3 is 3.21 bits per heavy atom. The fraction of sp³-hybridized carbons (Fsp3) is 0.500. The Balaban J connectivity index is 1.77. The van der Waals surface area contributed by atoms with E-state index in [1.807, 2.05) is 18.3 Å². The monoisotopic (exact) mass is 193 g/mol. The summed E-state index contributed by atoms with van der Waals surface area (Å²) in [5, 5.41) is 6.09. The van der Waals surface area contributed by atoms with Crippen LogP contribution < -0.4 is 10.6 Å². The van der Waals surface area contributed by atoms with Crippen molar-refractivity contribution in [3.05, 3.63) is 24.0 Å². The van der Waals surface area contributed by atoms with Gasteiger partial charge in [-0.2, -0.15) is 0 Å². The van der Waals surface area contributed by atoms with Crippen LogP contribution in [0.4, 0.5) is 0 Å². The Morgan fingerprint density at radius 2 is 2.57 bits per heavy atom. The zero-order valence-electron chi connectivity index (χ0n) is 8.05. The number of carbonyl (C=O) groups excluding carboxylic acids is 1. The highest BCUT2D eigenvalue weighted by Crippen LogP contribution is 2.07. The summed E-state index contributed by atoms with van der Waals surface area (Å²) in [6.45, 7) is 2.37. The maximum absolute atomic E-state index is 11.6. The Bertz CT molecular complexity index is 288. The number of aromatic nitrogens is 1. The van der Waals surface area contributed by atoms with Crippen LogP contribution in [0, 0.1) is 5.92 Å². The van der Waals surface area contributed by atoms with Crippen LogP contribution in [0.15, 0.2) is 18.3 Å². The summed E-state index contributed by atoms with van der Waals surface area (Å²) in [7, 11) is 0. The fourth-order valence-electron chi connectivity index (χ4n) is 1.68. The van der Waals surface area contributed by atoms with Gasteiger partial charge in [0.05, 0.1) is 12.5 Å². The Kier molecular flexibility index (Phi) is 2.84. The molecule has 1 aromatic heterocycles. The minimum atomic E-state index is 0.157. The molecule has 1 fully saturated rings. The van der Waals surface area contributed by atoms with E-state index in [4.69, 9.17) is 0 Å². The summed E-state index contributed by atoms with van der Waals surface area (Å²) < 4.78 is 0. The number of aromatic amines is 1. The first-order valence-electron chi connectivity index (χ1n) is 4.97. The number of H-pyrrole nitrogens is 1. The van der Waals surface area contributed by atoms with E-state index in [-0.39, 0.29) is 11.8 Å². The van der Waals surface area contributed by atoms with E-state index in [9.17, 15) is 4.79 Å². The lowest BCUT2D eigenvalue weighted by molar-refractivity contribution is -0.124. The maximum Gasteiger partial charge on any atom is 0.224 e. The van der Waals surface area contributed by atoms with Gasteiger partial charge >= 0.3 is 0 Å². The second-order valence-corrected chi connectivity index (χ2v) is 3.60. The summed E-state index contributed by atoms with van der Waals surface area (Å²) >= 11 is 0. The van der Waals surface area contributed by atoms with Gasteiger partial charge in [0.15, 0.2) is 0 Å². The average molecular weight is 193 g/mol. The third-order valence-corrected chi connectivity index (χ3v) is 2.55. The quantitative estimate of drug-likeness (QED) is 0.644. The molecular formula is C10H15N3O. The van der Waals surface area contributed by atoms with E-state index in [1.165, 1.54) is 0 Å². The van der Waals surface area contributed by atoms with Crippen molar-refractivity contribution in [2.75, 3.05) is 13.1 Å². The maximum atomic E-state index is 11.6. The first-order valence-corrected chi connectivity index (χ1v) is 4.97. The van der Waals surface area contributed by atoms with Crippen LogP contribution >= 0.6 is 0 Å². The van der Waals surface area contributed by atoms with Gasteiger partial charge in [0.1, 0.15) is 0 Å². The summed E-state index contributed by atoms with van der Waals surface area (Å²) in [4.78, 5) is 14.6. The van der Waals surface area contributed by atoms with E-state index in [0.29, 0.717) is 6.54 Å². The van der Waals surface area contributed by atoms with Crippen LogP contribution in [0.25, 0.3) is 0 Å². The molecule has 76 valence electrons. The Labute approximate surface area is 83.1 Å². The zero-order chi connectivity index (χ0) is 9.80. The number of amides is 1. The molecule has 1 saturated heterocycles. The van der Waals surface area contributed by atoms with Crippen molar-refractivity contribution in [1.82, 2.24) is 15.6 Å². The second kappa shape index (κ2) is 4.28. The topological polar surface area (TPSA) is 56.9 Å². The summed E-state index contributed by atoms with van der Waals surface area (Å²) in [5.74, 6) is 0.314. The smallest absolute Gasteiger partial charge is 0.224 e. The predicted molar refractivity (Wildman–Crippen MR) is 53.6 cm³/mol. The lowest BCUT2D eigenvalue weighted by atomic mass is 10.1. The third-order valence-electron chi connectivity index (χ3n) is 2.55. The average Bonchev–Trinajstić information content (AvgIpc) is 2.87. The second-order valence-electron chi connectivity index (χ2n) is 3.60. The van der Waals surface area contributed by atoms with E-state index in [1.54, 1.807) is 0 Å². The molecule has 2 rings (SSSR count). The Morgan fingerprint density at radius 1 is 1.64 bits per heavy atom. The lowest BCUT2D eigenvalue weighted by Crippen LogP contribution is -2.31. The van der Waals surface area contributed by atoms with Crippen molar-refractivity contribution in [3.63, 3.8) is 0 Å². The molecule has 3 N–H and O–H groups in total. The molecule has 4 nitrogen and oxygen atoms in total. The summed E-state index contributed by atoms with van der Waals surface area (Å²) in [6.07, 6.45) is 2.81. The molecule has 1 aliphatic rings. The molecule has 1 amide bonds. The molecule has 1 aromatic rings. The van der Waals surface area contributed by atoms with E-state index in [0.717, 1.165) is 25.2 Å². The number of rotatable bonds is 3. The molecule has 1 unspecified atom stereocenters. The van der Waals surface area contributed by atoms with Gasteiger partial charge in [-0.15, -0.1) is 0 Å². The van der Waals surface area contributed by atoms with Gasteiger partial charge < -0.3 is 15.6 Å². The highest BCUT2D eigenvalue weighted by atomic mass is 16.1. The molecule has 0 bridgehead atoms. The van der Waals surface area contributed by atoms with Crippen molar-refractivity contribution >= 4 is 5.91 Å². The molecule has 1 aliphatic heterocycles. The van der Waals surface area contributed by atoms with Crippen molar-refractivity contribution in [1.29, 1.82) is 0 Å². The zero-order valence-corrected chi connectivity index (χ0v) is 8.05. The minimum Gasteiger partial charge on any atom is -0.364 e. The normalized spacial score (nSPS) is 21.0. The highest BCUT2D eigenvalue weighted by Gasteiger charge is 2.21. The van der Waals surface area contributed by atoms with Gasteiger partial charge in [-0.1, -0.05) is 0 Å². The lowest BCUT2D eigenvalue weighted by Gasteiger charge is -2.08. The molecule has 0 radical (unpaired) electrons. The number of hydrogen-bond acceptors (Lipinski definition) is 2. The van der Waals surface area contributed by atoms with Gasteiger partial charge in [0.25, 0.3) is 0 Å². The van der Waals surface area contributed by atoms with Crippen molar-refractivity contribution in [2.24, 2.45) is 5.92 Å². The molecule has 1 atom stereocenters. The van der Waals surface area contributed by atoms with Crippen LogP contribution in [-0.2, 0) is 11.3 Å². The largest absolute Gasteiger partial charge is 0.364 e. The standard InChI is InChI=1S/C10H15N3O/c14-10(8-3-5-11-6-8)13-7-9-2-1-4-12-9/h1-2,4,8,11-12H,3,5-7H2,(H,13,14). The SMILES string of the molecule is O=C(NCc1ccc[nH]1)C1CCNC1. The van der Waals surface area contributed by atoms with E-state index < -0.39 is 0 Å². The molecule has 0 saturated carbocycles. The fourth-order valence-corrected chi connectivity index (χ4v) is 1.68. The van der Waals surface area contributed by atoms with E-state index >= 15 is 0 Å². The van der Waals surface area contributed by atoms with Crippen molar-refractivity contribution < 1.29 is 4.79 Å². The van der Waals surface area contributed by atoms with Crippen LogP contribution in [-0.4, -0.2) is 24.0 Å². The van der Waals surface area contributed by atoms with Crippen LogP contribution in [0.2, 0.25) is 0 Å². The van der Waals surface area contributed by atoms with Crippen LogP contribution in [0.1, 0.15) is 12.1 Å². The summed E-state index contributed by atoms with van der Waals surface area (Å²) in [6, 6.07) is 3.89. The summed E-state index contributed by atoms with van der Waals surface area (Å²) in [5.41, 5.74) is 1.05. The van der Waals surface area contributed by atoms with Crippen molar-refractivity contribution in [2.45, 2.75) is 13.0 Å². The number of carbonyl (C=O) groups is 1. The molecule has 0 aliphatic carbocycles. The van der Waals surface area contributed by atoms with Gasteiger partial charge in [0.2, 0.25) is 5.91 Å². The first kappa shape index (κ1) is 9.27. The van der Waals surface area contributed by atoms with E-state index in [2.05, 4.69) is 15.6 Å². The molecule has 2 heterocycles. The molecule has 4 heteroatoms. The van der Waals surface area contributed by atoms with Gasteiger partial charge in [-0.3, -0.25) is 4.79 Å². The molecule has 14 heavy (non-hydrogen) atoms. The van der Waals surface area contributed by atoms with Crippen LogP contribution in [0.5, 0.6) is 0 Å². The highest BCUT2D eigenvalue weighted by molar-refractivity contribution is 5.79. The Hall–Kier alpha value is -1.29. The van der Waals surface area contributed by atoms with Crippen LogP contribution in [0.3, 0.4) is 0 Å². The third kappa shape index (κ3) is 2.14. The molecular weight excluding hydrogens is 178 g/mol. The molecule has 0 aromatic carbocycles. The number of nitrogens with one attached hydrogen (secondary N) is 3. The minimum absolute atomic E-state index is 0.157.